The number of carboxylic acid groups (broad SMARTS) is 1. The van der Waals surface area contributed by atoms with Crippen molar-refractivity contribution in [2.75, 3.05) is 6.54 Å². The van der Waals surface area contributed by atoms with Crippen molar-refractivity contribution in [3.05, 3.63) is 12.2 Å². The third kappa shape index (κ3) is 10.3. The summed E-state index contributed by atoms with van der Waals surface area (Å²) in [4.78, 5) is 22.6. The van der Waals surface area contributed by atoms with E-state index in [1.807, 2.05) is 19.1 Å². The molecule has 4 nitrogen and oxygen atoms in total. The van der Waals surface area contributed by atoms with Crippen molar-refractivity contribution >= 4 is 11.9 Å². The van der Waals surface area contributed by atoms with Crippen molar-refractivity contribution in [1.82, 2.24) is 5.32 Å². The molecule has 0 radical (unpaired) electrons. The molecule has 0 aromatic rings. The maximum Gasteiger partial charge on any atom is 0.307 e. The van der Waals surface area contributed by atoms with E-state index in [1.165, 1.54) is 12.8 Å². The normalized spacial score (nSPS) is 12.5. The number of amides is 1. The van der Waals surface area contributed by atoms with Crippen LogP contribution in [0.3, 0.4) is 0 Å². The van der Waals surface area contributed by atoms with E-state index in [0.717, 1.165) is 19.3 Å². The van der Waals surface area contributed by atoms with Crippen LogP contribution in [0.15, 0.2) is 12.2 Å². The van der Waals surface area contributed by atoms with Crippen LogP contribution in [0.4, 0.5) is 0 Å². The fourth-order valence-corrected chi connectivity index (χ4v) is 1.72. The molecule has 0 saturated heterocycles. The standard InChI is InChI=1S/C15H27NO3/c1-3-5-6-7-8-9-10-13(15(18)19)12-14(17)16-11-4-2/h8-9,13H,3-7,10-12H2,1-2H3,(H,16,17)(H,18,19)/b9-8+. The summed E-state index contributed by atoms with van der Waals surface area (Å²) >= 11 is 0. The second kappa shape index (κ2) is 11.8. The SMILES string of the molecule is CCCCC/C=C/CC(CC(=O)NCCC)C(=O)O. The van der Waals surface area contributed by atoms with Crippen molar-refractivity contribution in [1.29, 1.82) is 0 Å². The number of hydrogen-bond acceptors (Lipinski definition) is 2. The van der Waals surface area contributed by atoms with E-state index in [9.17, 15) is 9.59 Å². The number of hydrogen-bond donors (Lipinski definition) is 2. The summed E-state index contributed by atoms with van der Waals surface area (Å²) in [6.45, 7) is 4.73. The summed E-state index contributed by atoms with van der Waals surface area (Å²) in [6.07, 6.45) is 9.78. The molecule has 0 heterocycles. The highest BCUT2D eigenvalue weighted by Crippen LogP contribution is 2.11. The molecule has 0 fully saturated rings. The summed E-state index contributed by atoms with van der Waals surface area (Å²) < 4.78 is 0. The summed E-state index contributed by atoms with van der Waals surface area (Å²) in [5.41, 5.74) is 0. The van der Waals surface area contributed by atoms with Crippen molar-refractivity contribution in [2.24, 2.45) is 5.92 Å². The first-order valence-corrected chi connectivity index (χ1v) is 7.26. The topological polar surface area (TPSA) is 66.4 Å². The van der Waals surface area contributed by atoms with Gasteiger partial charge >= 0.3 is 5.97 Å². The van der Waals surface area contributed by atoms with Gasteiger partial charge in [0.2, 0.25) is 5.91 Å². The Kier molecular flexibility index (Phi) is 10.9. The number of rotatable bonds is 11. The van der Waals surface area contributed by atoms with E-state index >= 15 is 0 Å². The number of carboxylic acids is 1. The molecule has 4 heteroatoms. The zero-order valence-corrected chi connectivity index (χ0v) is 12.2. The van der Waals surface area contributed by atoms with Crippen molar-refractivity contribution in [3.8, 4) is 0 Å². The van der Waals surface area contributed by atoms with E-state index in [2.05, 4.69) is 12.2 Å². The minimum atomic E-state index is -0.898. The third-order valence-electron chi connectivity index (χ3n) is 2.91. The molecule has 0 aliphatic rings. The molecule has 110 valence electrons. The largest absolute Gasteiger partial charge is 0.481 e. The molecule has 0 aromatic heterocycles. The Labute approximate surface area is 116 Å². The molecule has 1 amide bonds. The number of carbonyl (C=O) groups is 2. The molecule has 0 rings (SSSR count). The zero-order valence-electron chi connectivity index (χ0n) is 12.2. The average molecular weight is 269 g/mol. The Morgan fingerprint density at radius 3 is 2.47 bits per heavy atom. The molecule has 0 spiro atoms. The van der Waals surface area contributed by atoms with Gasteiger partial charge in [0.1, 0.15) is 0 Å². The second-order valence-electron chi connectivity index (χ2n) is 4.79. The number of carbonyl (C=O) groups excluding carboxylic acids is 1. The van der Waals surface area contributed by atoms with Crippen LogP contribution in [0.1, 0.15) is 58.8 Å². The molecular formula is C15H27NO3. The molecular weight excluding hydrogens is 242 g/mol. The van der Waals surface area contributed by atoms with Crippen LogP contribution >= 0.6 is 0 Å². The quantitative estimate of drug-likeness (QED) is 0.447. The summed E-state index contributed by atoms with van der Waals surface area (Å²) in [5.74, 6) is -1.68. The predicted octanol–water partition coefficient (Wildman–Crippen LogP) is 3.13. The molecule has 19 heavy (non-hydrogen) atoms. The van der Waals surface area contributed by atoms with Gasteiger partial charge < -0.3 is 10.4 Å². The van der Waals surface area contributed by atoms with Crippen LogP contribution in [0.5, 0.6) is 0 Å². The maximum absolute atomic E-state index is 11.5. The van der Waals surface area contributed by atoms with Crippen molar-refractivity contribution in [3.63, 3.8) is 0 Å². The number of nitrogens with one attached hydrogen (secondary N) is 1. The molecule has 0 saturated carbocycles. The Morgan fingerprint density at radius 1 is 1.16 bits per heavy atom. The minimum absolute atomic E-state index is 0.0641. The highest BCUT2D eigenvalue weighted by atomic mass is 16.4. The van der Waals surface area contributed by atoms with Gasteiger partial charge in [-0.25, -0.2) is 0 Å². The van der Waals surface area contributed by atoms with Gasteiger partial charge in [0.05, 0.1) is 5.92 Å². The average Bonchev–Trinajstić information content (AvgIpc) is 2.38. The lowest BCUT2D eigenvalue weighted by Crippen LogP contribution is -2.28. The van der Waals surface area contributed by atoms with E-state index in [0.29, 0.717) is 13.0 Å². The Morgan fingerprint density at radius 2 is 1.89 bits per heavy atom. The molecule has 0 aromatic carbocycles. The van der Waals surface area contributed by atoms with Gasteiger partial charge in [0.15, 0.2) is 0 Å². The van der Waals surface area contributed by atoms with Gasteiger partial charge in [-0.2, -0.15) is 0 Å². The van der Waals surface area contributed by atoms with Crippen molar-refractivity contribution < 1.29 is 14.7 Å². The van der Waals surface area contributed by atoms with Gasteiger partial charge in [-0.1, -0.05) is 38.8 Å². The van der Waals surface area contributed by atoms with Crippen molar-refractivity contribution in [2.45, 2.75) is 58.8 Å². The van der Waals surface area contributed by atoms with E-state index in [-0.39, 0.29) is 12.3 Å². The molecule has 2 N–H and O–H groups in total. The molecule has 0 aliphatic carbocycles. The third-order valence-corrected chi connectivity index (χ3v) is 2.91. The molecule has 0 bridgehead atoms. The van der Waals surface area contributed by atoms with Crippen LogP contribution in [0.25, 0.3) is 0 Å². The first-order chi connectivity index (χ1) is 9.11. The number of aliphatic carboxylic acids is 1. The Bertz CT molecular complexity index is 287. The van der Waals surface area contributed by atoms with Crippen LogP contribution in [0, 0.1) is 5.92 Å². The summed E-state index contributed by atoms with van der Waals surface area (Å²) in [6, 6.07) is 0. The lowest BCUT2D eigenvalue weighted by atomic mass is 10.0. The fraction of sp³-hybridized carbons (Fsp3) is 0.733. The lowest BCUT2D eigenvalue weighted by Gasteiger charge is -2.09. The van der Waals surface area contributed by atoms with Crippen LogP contribution < -0.4 is 5.32 Å². The highest BCUT2D eigenvalue weighted by molar-refractivity contribution is 5.82. The monoisotopic (exact) mass is 269 g/mol. The predicted molar refractivity (Wildman–Crippen MR) is 76.9 cm³/mol. The van der Waals surface area contributed by atoms with Gasteiger partial charge in [-0.05, 0) is 25.7 Å². The smallest absolute Gasteiger partial charge is 0.307 e. The first-order valence-electron chi connectivity index (χ1n) is 7.26. The van der Waals surface area contributed by atoms with Gasteiger partial charge in [-0.3, -0.25) is 9.59 Å². The van der Waals surface area contributed by atoms with Gasteiger partial charge in [0, 0.05) is 13.0 Å². The highest BCUT2D eigenvalue weighted by Gasteiger charge is 2.19. The van der Waals surface area contributed by atoms with E-state index < -0.39 is 11.9 Å². The van der Waals surface area contributed by atoms with E-state index in [1.54, 1.807) is 0 Å². The number of unbranched alkanes of at least 4 members (excludes halogenated alkanes) is 3. The molecule has 1 atom stereocenters. The van der Waals surface area contributed by atoms with Crippen LogP contribution in [-0.4, -0.2) is 23.5 Å². The van der Waals surface area contributed by atoms with E-state index in [4.69, 9.17) is 5.11 Å². The summed E-state index contributed by atoms with van der Waals surface area (Å²) in [5, 5.41) is 11.8. The van der Waals surface area contributed by atoms with Crippen LogP contribution in [-0.2, 0) is 9.59 Å². The zero-order chi connectivity index (χ0) is 14.5. The molecule has 0 aliphatic heterocycles. The number of allylic oxidation sites excluding steroid dienone is 2. The molecule has 1 unspecified atom stereocenters. The van der Waals surface area contributed by atoms with Gasteiger partial charge in [0.25, 0.3) is 0 Å². The maximum atomic E-state index is 11.5. The fourth-order valence-electron chi connectivity index (χ4n) is 1.72. The van der Waals surface area contributed by atoms with Crippen LogP contribution in [0.2, 0.25) is 0 Å². The van der Waals surface area contributed by atoms with Gasteiger partial charge in [-0.15, -0.1) is 0 Å². The minimum Gasteiger partial charge on any atom is -0.481 e. The first kappa shape index (κ1) is 17.7. The second-order valence-corrected chi connectivity index (χ2v) is 4.79. The summed E-state index contributed by atoms with van der Waals surface area (Å²) in [7, 11) is 0. The Balaban J connectivity index is 3.98. The Hall–Kier alpha value is -1.32. The lowest BCUT2D eigenvalue weighted by molar-refractivity contribution is -0.143.